The summed E-state index contributed by atoms with van der Waals surface area (Å²) in [4.78, 5) is 29.8. The second-order valence-electron chi connectivity index (χ2n) is 11.8. The van der Waals surface area contributed by atoms with Crippen LogP contribution in [0.25, 0.3) is 0 Å². The largest absolute Gasteiger partial charge is 0.457 e. The number of anilines is 1. The molecule has 0 heterocycles. The van der Waals surface area contributed by atoms with Crippen molar-refractivity contribution in [1.29, 1.82) is 0 Å². The molecule has 0 unspecified atom stereocenters. The lowest BCUT2D eigenvalue weighted by atomic mass is 10.0. The zero-order valence-electron chi connectivity index (χ0n) is 28.0. The molecule has 0 fully saturated rings. The second-order valence-corrected chi connectivity index (χ2v) is 13.7. The fourth-order valence-corrected chi connectivity index (χ4v) is 6.82. The van der Waals surface area contributed by atoms with Gasteiger partial charge in [-0.2, -0.15) is 0 Å². The quantitative estimate of drug-likeness (QED) is 0.136. The Labute approximate surface area is 289 Å². The topological polar surface area (TPSA) is 96.0 Å². The maximum Gasteiger partial charge on any atom is 0.264 e. The van der Waals surface area contributed by atoms with E-state index in [-0.39, 0.29) is 29.5 Å². The predicted molar refractivity (Wildman–Crippen MR) is 193 cm³/mol. The third kappa shape index (κ3) is 9.15. The summed E-state index contributed by atoms with van der Waals surface area (Å²) < 4.78 is 35.7. The van der Waals surface area contributed by atoms with Gasteiger partial charge in [-0.1, -0.05) is 96.1 Å². The standard InChI is InChI=1S/C40H41N3O5S/c1-4-41-40(45)38(27-32-11-7-5-8-12-32)42(28-33-19-15-30(2)16-20-33)39(44)29-43(49(46,47)37-25-17-31(3)18-26-37)34-21-23-36(24-22-34)48-35-13-9-6-10-14-35/h5-26,38H,4,27-29H2,1-3H3,(H,41,45)/t38-/m0/s1. The highest BCUT2D eigenvalue weighted by atomic mass is 32.2. The summed E-state index contributed by atoms with van der Waals surface area (Å²) in [5.74, 6) is 0.306. The Morgan fingerprint density at radius 2 is 1.24 bits per heavy atom. The van der Waals surface area contributed by atoms with Gasteiger partial charge in [0.1, 0.15) is 24.1 Å². The molecular formula is C40H41N3O5S. The molecule has 5 aromatic carbocycles. The molecule has 0 spiro atoms. The predicted octanol–water partition coefficient (Wildman–Crippen LogP) is 7.07. The first-order chi connectivity index (χ1) is 23.6. The SMILES string of the molecule is CCNC(=O)[C@H](Cc1ccccc1)N(Cc1ccc(C)cc1)C(=O)CN(c1ccc(Oc2ccccc2)cc1)S(=O)(=O)c1ccc(C)cc1. The molecule has 9 heteroatoms. The van der Waals surface area contributed by atoms with Gasteiger partial charge in [0.05, 0.1) is 10.6 Å². The van der Waals surface area contributed by atoms with Crippen LogP contribution in [0.4, 0.5) is 5.69 Å². The van der Waals surface area contributed by atoms with E-state index in [1.165, 1.54) is 17.0 Å². The molecule has 0 saturated heterocycles. The summed E-state index contributed by atoms with van der Waals surface area (Å²) in [6, 6.07) is 38.6. The van der Waals surface area contributed by atoms with Crippen molar-refractivity contribution in [3.8, 4) is 11.5 Å². The lowest BCUT2D eigenvalue weighted by molar-refractivity contribution is -0.140. The number of carbonyl (C=O) groups excluding carboxylic acids is 2. The van der Waals surface area contributed by atoms with E-state index in [9.17, 15) is 18.0 Å². The van der Waals surface area contributed by atoms with Crippen molar-refractivity contribution in [2.24, 2.45) is 0 Å². The molecule has 0 aromatic heterocycles. The van der Waals surface area contributed by atoms with Crippen LogP contribution in [-0.2, 0) is 32.6 Å². The first kappa shape index (κ1) is 34.9. The van der Waals surface area contributed by atoms with E-state index < -0.39 is 28.5 Å². The zero-order valence-corrected chi connectivity index (χ0v) is 28.8. The molecule has 49 heavy (non-hydrogen) atoms. The molecule has 1 N–H and O–H groups in total. The Morgan fingerprint density at radius 3 is 1.84 bits per heavy atom. The smallest absolute Gasteiger partial charge is 0.264 e. The van der Waals surface area contributed by atoms with Crippen LogP contribution in [0.2, 0.25) is 0 Å². The van der Waals surface area contributed by atoms with Crippen molar-refractivity contribution in [1.82, 2.24) is 10.2 Å². The van der Waals surface area contributed by atoms with Crippen LogP contribution < -0.4 is 14.4 Å². The summed E-state index contributed by atoms with van der Waals surface area (Å²) in [7, 11) is -4.22. The molecule has 0 bridgehead atoms. The van der Waals surface area contributed by atoms with E-state index in [0.29, 0.717) is 18.0 Å². The minimum atomic E-state index is -4.22. The number of aryl methyl sites for hydroxylation is 2. The van der Waals surface area contributed by atoms with Gasteiger partial charge >= 0.3 is 0 Å². The number of nitrogens with zero attached hydrogens (tertiary/aromatic N) is 2. The van der Waals surface area contributed by atoms with Crippen molar-refractivity contribution in [2.75, 3.05) is 17.4 Å². The van der Waals surface area contributed by atoms with E-state index in [1.54, 1.807) is 36.4 Å². The first-order valence-electron chi connectivity index (χ1n) is 16.2. The van der Waals surface area contributed by atoms with Crippen molar-refractivity contribution in [2.45, 2.75) is 44.7 Å². The van der Waals surface area contributed by atoms with Gasteiger partial charge in [-0.15, -0.1) is 0 Å². The second kappa shape index (κ2) is 16.1. The normalized spacial score (nSPS) is 11.7. The van der Waals surface area contributed by atoms with Crippen LogP contribution in [0.15, 0.2) is 138 Å². The van der Waals surface area contributed by atoms with E-state index in [2.05, 4.69) is 5.32 Å². The Hall–Kier alpha value is -5.41. The Bertz CT molecular complexity index is 1930. The van der Waals surface area contributed by atoms with Crippen LogP contribution in [0.5, 0.6) is 11.5 Å². The molecule has 0 radical (unpaired) electrons. The number of nitrogens with one attached hydrogen (secondary N) is 1. The van der Waals surface area contributed by atoms with Gasteiger partial charge in [-0.3, -0.25) is 13.9 Å². The minimum Gasteiger partial charge on any atom is -0.457 e. The summed E-state index contributed by atoms with van der Waals surface area (Å²) in [6.07, 6.45) is 0.251. The van der Waals surface area contributed by atoms with Gasteiger partial charge in [0.25, 0.3) is 10.0 Å². The minimum absolute atomic E-state index is 0.0464. The monoisotopic (exact) mass is 675 g/mol. The summed E-state index contributed by atoms with van der Waals surface area (Å²) in [6.45, 7) is 5.62. The number of ether oxygens (including phenoxy) is 1. The van der Waals surface area contributed by atoms with Gasteiger partial charge in [-0.05, 0) is 80.4 Å². The molecule has 1 atom stereocenters. The number of amides is 2. The third-order valence-corrected chi connectivity index (χ3v) is 9.88. The molecule has 5 rings (SSSR count). The summed E-state index contributed by atoms with van der Waals surface area (Å²) in [5, 5.41) is 2.89. The summed E-state index contributed by atoms with van der Waals surface area (Å²) >= 11 is 0. The van der Waals surface area contributed by atoms with Gasteiger partial charge < -0.3 is 15.0 Å². The number of sulfonamides is 1. The van der Waals surface area contributed by atoms with E-state index >= 15 is 0 Å². The first-order valence-corrected chi connectivity index (χ1v) is 17.7. The Kier molecular flexibility index (Phi) is 11.5. The van der Waals surface area contributed by atoms with Crippen LogP contribution in [-0.4, -0.2) is 44.3 Å². The average Bonchev–Trinajstić information content (AvgIpc) is 3.11. The van der Waals surface area contributed by atoms with Crippen LogP contribution in [0.3, 0.4) is 0 Å². The van der Waals surface area contributed by atoms with Crippen molar-refractivity contribution in [3.63, 3.8) is 0 Å². The molecule has 0 aliphatic heterocycles. The highest BCUT2D eigenvalue weighted by molar-refractivity contribution is 7.92. The molecule has 252 valence electrons. The van der Waals surface area contributed by atoms with Gasteiger partial charge in [0.2, 0.25) is 11.8 Å². The number of hydrogen-bond acceptors (Lipinski definition) is 5. The van der Waals surface area contributed by atoms with Gasteiger partial charge in [0.15, 0.2) is 0 Å². The lowest BCUT2D eigenvalue weighted by Crippen LogP contribution is -2.53. The molecule has 5 aromatic rings. The highest BCUT2D eigenvalue weighted by Crippen LogP contribution is 2.29. The fourth-order valence-electron chi connectivity index (χ4n) is 5.41. The van der Waals surface area contributed by atoms with Crippen LogP contribution in [0.1, 0.15) is 29.2 Å². The number of likely N-dealkylation sites (N-methyl/N-ethyl adjacent to an activating group) is 1. The lowest BCUT2D eigenvalue weighted by Gasteiger charge is -2.34. The van der Waals surface area contributed by atoms with Crippen molar-refractivity contribution in [3.05, 3.63) is 156 Å². The van der Waals surface area contributed by atoms with E-state index in [1.807, 2.05) is 106 Å². The van der Waals surface area contributed by atoms with Gasteiger partial charge in [0, 0.05) is 19.5 Å². The molecule has 0 saturated carbocycles. The van der Waals surface area contributed by atoms with Crippen molar-refractivity contribution < 1.29 is 22.7 Å². The molecule has 8 nitrogen and oxygen atoms in total. The van der Waals surface area contributed by atoms with Gasteiger partial charge in [-0.25, -0.2) is 8.42 Å². The number of hydrogen-bond donors (Lipinski definition) is 1. The van der Waals surface area contributed by atoms with E-state index in [4.69, 9.17) is 4.74 Å². The number of carbonyl (C=O) groups is 2. The van der Waals surface area contributed by atoms with Crippen LogP contribution in [0, 0.1) is 13.8 Å². The average molecular weight is 676 g/mol. The Balaban J connectivity index is 1.54. The van der Waals surface area contributed by atoms with E-state index in [0.717, 1.165) is 26.6 Å². The molecule has 0 aliphatic rings. The number of benzene rings is 5. The molecule has 0 aliphatic carbocycles. The van der Waals surface area contributed by atoms with Crippen molar-refractivity contribution >= 4 is 27.5 Å². The maximum atomic E-state index is 14.6. The number of rotatable bonds is 14. The number of para-hydroxylation sites is 1. The maximum absolute atomic E-state index is 14.6. The van der Waals surface area contributed by atoms with Crippen LogP contribution >= 0.6 is 0 Å². The fraction of sp³-hybridized carbons (Fsp3) is 0.200. The Morgan fingerprint density at radius 1 is 0.694 bits per heavy atom. The summed E-state index contributed by atoms with van der Waals surface area (Å²) in [5.41, 5.74) is 3.93. The molecular weight excluding hydrogens is 635 g/mol. The highest BCUT2D eigenvalue weighted by Gasteiger charge is 2.34. The third-order valence-electron chi connectivity index (χ3n) is 8.09. The zero-order chi connectivity index (χ0) is 34.8. The molecule has 2 amide bonds.